The van der Waals surface area contributed by atoms with E-state index in [1.165, 1.54) is 37.8 Å². The highest BCUT2D eigenvalue weighted by molar-refractivity contribution is 5.79. The molecule has 0 atom stereocenters. The molecule has 0 radical (unpaired) electrons. The fourth-order valence-electron chi connectivity index (χ4n) is 4.44. The van der Waals surface area contributed by atoms with E-state index < -0.39 is 0 Å². The molecule has 23 heavy (non-hydrogen) atoms. The summed E-state index contributed by atoms with van der Waals surface area (Å²) in [5.41, 5.74) is 0.162. The van der Waals surface area contributed by atoms with Crippen molar-refractivity contribution in [1.82, 2.24) is 0 Å². The fourth-order valence-corrected chi connectivity index (χ4v) is 4.44. The van der Waals surface area contributed by atoms with E-state index in [1.807, 2.05) is 0 Å². The molecule has 0 aromatic heterocycles. The Kier molecular flexibility index (Phi) is 4.74. The number of carbonyl (C=O) groups is 1. The maximum Gasteiger partial charge on any atom is 0.317 e. The number of esters is 1. The van der Waals surface area contributed by atoms with Crippen molar-refractivity contribution in [2.75, 3.05) is 0 Å². The maximum absolute atomic E-state index is 13.3. The molecule has 0 saturated heterocycles. The number of carbonyl (C=O) groups excluding carboxylic acids is 1. The smallest absolute Gasteiger partial charge is 0.317 e. The van der Waals surface area contributed by atoms with Crippen LogP contribution >= 0.6 is 0 Å². The first-order chi connectivity index (χ1) is 11.1. The van der Waals surface area contributed by atoms with Crippen molar-refractivity contribution in [3.05, 3.63) is 30.1 Å². The van der Waals surface area contributed by atoms with Crippen LogP contribution in [0.25, 0.3) is 0 Å². The first kappa shape index (κ1) is 16.5. The van der Waals surface area contributed by atoms with Gasteiger partial charge in [0.1, 0.15) is 11.6 Å². The molecule has 3 heteroatoms. The first-order valence-electron chi connectivity index (χ1n) is 9.05. The van der Waals surface area contributed by atoms with Gasteiger partial charge in [0.25, 0.3) is 0 Å². The number of hydrogen-bond acceptors (Lipinski definition) is 2. The van der Waals surface area contributed by atoms with Crippen molar-refractivity contribution in [1.29, 1.82) is 0 Å². The molecule has 4 rings (SSSR count). The zero-order valence-corrected chi connectivity index (χ0v) is 14.1. The molecule has 2 nitrogen and oxygen atoms in total. The van der Waals surface area contributed by atoms with Crippen LogP contribution in [-0.4, -0.2) is 5.97 Å². The van der Waals surface area contributed by atoms with E-state index >= 15 is 0 Å². The van der Waals surface area contributed by atoms with E-state index in [1.54, 1.807) is 12.1 Å². The Bertz CT molecular complexity index is 542. The van der Waals surface area contributed by atoms with Gasteiger partial charge < -0.3 is 4.74 Å². The summed E-state index contributed by atoms with van der Waals surface area (Å²) in [5.74, 6) is -0.185. The van der Waals surface area contributed by atoms with Crippen molar-refractivity contribution in [2.24, 2.45) is 10.8 Å². The normalized spacial score (nSPS) is 29.5. The molecule has 0 aliphatic heterocycles. The van der Waals surface area contributed by atoms with Crippen molar-refractivity contribution in [2.45, 2.75) is 71.1 Å². The van der Waals surface area contributed by atoms with Crippen LogP contribution in [0.4, 0.5) is 4.39 Å². The largest absolute Gasteiger partial charge is 0.426 e. The van der Waals surface area contributed by atoms with Gasteiger partial charge in [-0.15, -0.1) is 0 Å². The molecule has 1 aromatic carbocycles. The van der Waals surface area contributed by atoms with Gasteiger partial charge in [0, 0.05) is 6.07 Å². The molecule has 0 N–H and O–H groups in total. The molecule has 3 aliphatic carbocycles. The molecule has 0 heterocycles. The summed E-state index contributed by atoms with van der Waals surface area (Å²) in [4.78, 5) is 12.7. The third-order valence-corrected chi connectivity index (χ3v) is 6.15. The molecule has 0 spiro atoms. The summed E-state index contributed by atoms with van der Waals surface area (Å²) in [6, 6.07) is 5.88. The molecule has 3 saturated carbocycles. The molecule has 0 unspecified atom stereocenters. The lowest BCUT2D eigenvalue weighted by Crippen LogP contribution is -2.47. The van der Waals surface area contributed by atoms with Crippen molar-refractivity contribution < 1.29 is 13.9 Å². The lowest BCUT2D eigenvalue weighted by molar-refractivity contribution is -0.156. The maximum atomic E-state index is 13.3. The second-order valence-corrected chi connectivity index (χ2v) is 7.58. The minimum Gasteiger partial charge on any atom is -0.426 e. The Hall–Kier alpha value is -1.38. The SMILES string of the molecule is CCCCCC12CCC(C(=O)Oc3cccc(F)c3)(CC1)CC2. The third kappa shape index (κ3) is 3.44. The number of ether oxygens (including phenoxy) is 1. The summed E-state index contributed by atoms with van der Waals surface area (Å²) < 4.78 is 18.8. The van der Waals surface area contributed by atoms with E-state index in [9.17, 15) is 9.18 Å². The van der Waals surface area contributed by atoms with Crippen LogP contribution in [0.3, 0.4) is 0 Å². The summed E-state index contributed by atoms with van der Waals surface area (Å²) >= 11 is 0. The second-order valence-electron chi connectivity index (χ2n) is 7.58. The van der Waals surface area contributed by atoms with Gasteiger partial charge in [0.2, 0.25) is 0 Å². The quantitative estimate of drug-likeness (QED) is 0.385. The van der Waals surface area contributed by atoms with Crippen LogP contribution in [0, 0.1) is 16.6 Å². The van der Waals surface area contributed by atoms with Crippen LogP contribution < -0.4 is 4.74 Å². The third-order valence-electron chi connectivity index (χ3n) is 6.15. The zero-order valence-electron chi connectivity index (χ0n) is 14.1. The highest BCUT2D eigenvalue weighted by atomic mass is 19.1. The molecule has 126 valence electrons. The minimum atomic E-state index is -0.366. The number of halogens is 1. The second kappa shape index (κ2) is 6.62. The Labute approximate surface area is 138 Å². The molecular formula is C20H27FO2. The summed E-state index contributed by atoms with van der Waals surface area (Å²) in [7, 11) is 0. The van der Waals surface area contributed by atoms with E-state index in [4.69, 9.17) is 4.74 Å². The summed E-state index contributed by atoms with van der Waals surface area (Å²) in [6.07, 6.45) is 11.5. The Morgan fingerprint density at radius 2 is 1.83 bits per heavy atom. The van der Waals surface area contributed by atoms with Gasteiger partial charge in [-0.05, 0) is 62.5 Å². The van der Waals surface area contributed by atoms with Gasteiger partial charge in [-0.25, -0.2) is 4.39 Å². The van der Waals surface area contributed by atoms with Gasteiger partial charge in [0.05, 0.1) is 5.41 Å². The molecular weight excluding hydrogens is 291 g/mol. The first-order valence-corrected chi connectivity index (χ1v) is 9.05. The molecule has 3 fully saturated rings. The van der Waals surface area contributed by atoms with E-state index in [2.05, 4.69) is 6.92 Å². The standard InChI is InChI=1S/C20H27FO2/c1-2-3-4-8-19-9-12-20(13-10-19,14-11-19)18(22)23-17-7-5-6-16(21)15-17/h5-7,15H,2-4,8-14H2,1H3. The molecule has 1 aromatic rings. The predicted molar refractivity (Wildman–Crippen MR) is 88.7 cm³/mol. The average Bonchev–Trinajstić information content (AvgIpc) is 2.57. The Morgan fingerprint density at radius 3 is 2.43 bits per heavy atom. The van der Waals surface area contributed by atoms with Crippen LogP contribution in [0.15, 0.2) is 24.3 Å². The average molecular weight is 318 g/mol. The monoisotopic (exact) mass is 318 g/mol. The van der Waals surface area contributed by atoms with E-state index in [0.717, 1.165) is 38.5 Å². The topological polar surface area (TPSA) is 26.3 Å². The van der Waals surface area contributed by atoms with E-state index in [-0.39, 0.29) is 17.2 Å². The van der Waals surface area contributed by atoms with Crippen molar-refractivity contribution >= 4 is 5.97 Å². The van der Waals surface area contributed by atoms with Crippen molar-refractivity contribution in [3.63, 3.8) is 0 Å². The summed E-state index contributed by atoms with van der Waals surface area (Å²) in [5, 5.41) is 0. The van der Waals surface area contributed by atoms with Gasteiger partial charge in [0.15, 0.2) is 0 Å². The lowest BCUT2D eigenvalue weighted by Gasteiger charge is -2.52. The van der Waals surface area contributed by atoms with Gasteiger partial charge in [-0.1, -0.05) is 32.3 Å². The number of hydrogen-bond donors (Lipinski definition) is 0. The zero-order chi connectivity index (χ0) is 16.3. The lowest BCUT2D eigenvalue weighted by atomic mass is 9.52. The van der Waals surface area contributed by atoms with Crippen LogP contribution in [-0.2, 0) is 4.79 Å². The van der Waals surface area contributed by atoms with Gasteiger partial charge in [-0.2, -0.15) is 0 Å². The number of rotatable bonds is 6. The Balaban J connectivity index is 1.61. The Morgan fingerprint density at radius 1 is 1.13 bits per heavy atom. The fraction of sp³-hybridized carbons (Fsp3) is 0.650. The number of benzene rings is 1. The number of fused-ring (bicyclic) bond motifs is 3. The molecule has 0 amide bonds. The highest BCUT2D eigenvalue weighted by Crippen LogP contribution is 2.59. The molecule has 2 bridgehead atoms. The summed E-state index contributed by atoms with van der Waals surface area (Å²) in [6.45, 7) is 2.24. The van der Waals surface area contributed by atoms with Gasteiger partial charge in [-0.3, -0.25) is 4.79 Å². The number of unbranched alkanes of at least 4 members (excludes halogenated alkanes) is 2. The van der Waals surface area contributed by atoms with Crippen LogP contribution in [0.2, 0.25) is 0 Å². The van der Waals surface area contributed by atoms with Crippen molar-refractivity contribution in [3.8, 4) is 5.75 Å². The minimum absolute atomic E-state index is 0.148. The van der Waals surface area contributed by atoms with E-state index in [0.29, 0.717) is 11.2 Å². The highest BCUT2D eigenvalue weighted by Gasteiger charge is 2.52. The molecule has 3 aliphatic rings. The van der Waals surface area contributed by atoms with Crippen LogP contribution in [0.5, 0.6) is 5.75 Å². The van der Waals surface area contributed by atoms with Crippen LogP contribution in [0.1, 0.15) is 71.1 Å². The predicted octanol–water partition coefficient (Wildman–Crippen LogP) is 5.65. The van der Waals surface area contributed by atoms with Gasteiger partial charge >= 0.3 is 5.97 Å².